The van der Waals surface area contributed by atoms with Crippen molar-refractivity contribution in [1.82, 2.24) is 24.7 Å². The van der Waals surface area contributed by atoms with Gasteiger partial charge in [0.05, 0.1) is 6.54 Å². The molecule has 0 radical (unpaired) electrons. The van der Waals surface area contributed by atoms with E-state index in [-0.39, 0.29) is 0 Å². The van der Waals surface area contributed by atoms with Crippen molar-refractivity contribution in [2.75, 3.05) is 5.32 Å². The molecule has 6 heteroatoms. The lowest BCUT2D eigenvalue weighted by Gasteiger charge is -2.08. The van der Waals surface area contributed by atoms with E-state index in [0.717, 1.165) is 36.0 Å². The quantitative estimate of drug-likeness (QED) is 0.925. The van der Waals surface area contributed by atoms with Crippen molar-refractivity contribution in [3.8, 4) is 0 Å². The molecule has 0 amide bonds. The molecule has 20 heavy (non-hydrogen) atoms. The van der Waals surface area contributed by atoms with Crippen LogP contribution in [0.25, 0.3) is 0 Å². The van der Waals surface area contributed by atoms with E-state index in [9.17, 15) is 0 Å². The molecular formula is C14H20N6. The highest BCUT2D eigenvalue weighted by molar-refractivity contribution is 5.28. The molecule has 2 aromatic rings. The smallest absolute Gasteiger partial charge is 0.223 e. The van der Waals surface area contributed by atoms with Crippen LogP contribution in [-0.4, -0.2) is 24.7 Å². The van der Waals surface area contributed by atoms with Gasteiger partial charge in [-0.15, -0.1) is 10.2 Å². The average Bonchev–Trinajstić information content (AvgIpc) is 2.63. The number of fused-ring (bicyclic) bond motifs is 1. The van der Waals surface area contributed by atoms with Crippen molar-refractivity contribution in [3.63, 3.8) is 0 Å². The van der Waals surface area contributed by atoms with Gasteiger partial charge in [0.25, 0.3) is 0 Å². The van der Waals surface area contributed by atoms with Gasteiger partial charge in [-0.1, -0.05) is 6.42 Å². The zero-order valence-electron chi connectivity index (χ0n) is 12.1. The number of aryl methyl sites for hydroxylation is 3. The van der Waals surface area contributed by atoms with Crippen LogP contribution in [0.1, 0.15) is 42.3 Å². The summed E-state index contributed by atoms with van der Waals surface area (Å²) in [5.41, 5.74) is 1.94. The topological polar surface area (TPSA) is 68.5 Å². The van der Waals surface area contributed by atoms with Gasteiger partial charge in [0.15, 0.2) is 5.82 Å². The van der Waals surface area contributed by atoms with Crippen LogP contribution < -0.4 is 5.32 Å². The molecule has 106 valence electrons. The largest absolute Gasteiger partial charge is 0.347 e. The first kappa shape index (κ1) is 13.0. The van der Waals surface area contributed by atoms with Crippen molar-refractivity contribution < 1.29 is 0 Å². The normalized spacial score (nSPS) is 14.7. The minimum atomic E-state index is 0.621. The monoisotopic (exact) mass is 272 g/mol. The maximum atomic E-state index is 4.38. The van der Waals surface area contributed by atoms with Gasteiger partial charge in [-0.25, -0.2) is 9.97 Å². The zero-order valence-corrected chi connectivity index (χ0v) is 12.1. The Labute approximate surface area is 118 Å². The van der Waals surface area contributed by atoms with Crippen LogP contribution in [-0.2, 0) is 19.5 Å². The van der Waals surface area contributed by atoms with Gasteiger partial charge in [0.2, 0.25) is 5.95 Å². The molecule has 2 aromatic heterocycles. The predicted octanol–water partition coefficient (Wildman–Crippen LogP) is 2.02. The Balaban J connectivity index is 1.73. The first-order valence-corrected chi connectivity index (χ1v) is 7.19. The molecule has 1 aliphatic rings. The Kier molecular flexibility index (Phi) is 3.62. The van der Waals surface area contributed by atoms with E-state index >= 15 is 0 Å². The standard InChI is InChI=1S/C14H20N6/c1-10-8-11(2)17-14(16-10)15-9-13-19-18-12-6-4-3-5-7-20(12)13/h8H,3-7,9H2,1-2H3,(H,15,16,17). The molecular weight excluding hydrogens is 252 g/mol. The van der Waals surface area contributed by atoms with E-state index in [1.54, 1.807) is 0 Å². The summed E-state index contributed by atoms with van der Waals surface area (Å²) < 4.78 is 2.24. The Hall–Kier alpha value is -1.98. The summed E-state index contributed by atoms with van der Waals surface area (Å²) in [5.74, 6) is 2.75. The van der Waals surface area contributed by atoms with E-state index in [4.69, 9.17) is 0 Å². The number of aromatic nitrogens is 5. The lowest BCUT2D eigenvalue weighted by Crippen LogP contribution is -2.12. The first-order chi connectivity index (χ1) is 9.72. The molecule has 0 unspecified atom stereocenters. The van der Waals surface area contributed by atoms with Gasteiger partial charge >= 0.3 is 0 Å². The fourth-order valence-corrected chi connectivity index (χ4v) is 2.64. The van der Waals surface area contributed by atoms with Crippen molar-refractivity contribution in [1.29, 1.82) is 0 Å². The fourth-order valence-electron chi connectivity index (χ4n) is 2.64. The van der Waals surface area contributed by atoms with Gasteiger partial charge in [-0.2, -0.15) is 0 Å². The third-order valence-electron chi connectivity index (χ3n) is 3.57. The highest BCUT2D eigenvalue weighted by atomic mass is 15.3. The molecule has 3 heterocycles. The first-order valence-electron chi connectivity index (χ1n) is 7.19. The minimum absolute atomic E-state index is 0.621. The van der Waals surface area contributed by atoms with E-state index in [1.807, 2.05) is 19.9 Å². The van der Waals surface area contributed by atoms with Crippen molar-refractivity contribution >= 4 is 5.95 Å². The summed E-state index contributed by atoms with van der Waals surface area (Å²) in [4.78, 5) is 8.77. The SMILES string of the molecule is Cc1cc(C)nc(NCc2nnc3n2CCCCC3)n1. The van der Waals surface area contributed by atoms with Crippen LogP contribution in [0.4, 0.5) is 5.95 Å². The van der Waals surface area contributed by atoms with Gasteiger partial charge < -0.3 is 9.88 Å². The van der Waals surface area contributed by atoms with Gasteiger partial charge in [-0.3, -0.25) is 0 Å². The number of nitrogens with one attached hydrogen (secondary N) is 1. The maximum absolute atomic E-state index is 4.38. The van der Waals surface area contributed by atoms with Gasteiger partial charge in [0, 0.05) is 24.4 Å². The molecule has 0 saturated heterocycles. The maximum Gasteiger partial charge on any atom is 0.223 e. The summed E-state index contributed by atoms with van der Waals surface area (Å²) in [6.07, 6.45) is 4.73. The molecule has 1 aliphatic heterocycles. The third kappa shape index (κ3) is 2.79. The summed E-state index contributed by atoms with van der Waals surface area (Å²) >= 11 is 0. The van der Waals surface area contributed by atoms with E-state index in [1.165, 1.54) is 19.3 Å². The van der Waals surface area contributed by atoms with E-state index in [0.29, 0.717) is 12.5 Å². The van der Waals surface area contributed by atoms with E-state index in [2.05, 4.69) is 30.0 Å². The molecule has 0 fully saturated rings. The minimum Gasteiger partial charge on any atom is -0.347 e. The molecule has 0 bridgehead atoms. The van der Waals surface area contributed by atoms with E-state index < -0.39 is 0 Å². The molecule has 0 atom stereocenters. The van der Waals surface area contributed by atoms with Crippen LogP contribution in [0.15, 0.2) is 6.07 Å². The van der Waals surface area contributed by atoms with Crippen LogP contribution in [0.2, 0.25) is 0 Å². The molecule has 0 aromatic carbocycles. The second-order valence-electron chi connectivity index (χ2n) is 5.32. The van der Waals surface area contributed by atoms with Crippen molar-refractivity contribution in [2.24, 2.45) is 0 Å². The lowest BCUT2D eigenvalue weighted by molar-refractivity contribution is 0.609. The van der Waals surface area contributed by atoms with Crippen LogP contribution in [0, 0.1) is 13.8 Å². The van der Waals surface area contributed by atoms with Crippen molar-refractivity contribution in [3.05, 3.63) is 29.1 Å². The Morgan fingerprint density at radius 1 is 1.10 bits per heavy atom. The second-order valence-corrected chi connectivity index (χ2v) is 5.32. The number of hydrogen-bond donors (Lipinski definition) is 1. The molecule has 0 spiro atoms. The fraction of sp³-hybridized carbons (Fsp3) is 0.571. The lowest BCUT2D eigenvalue weighted by atomic mass is 10.2. The number of rotatable bonds is 3. The predicted molar refractivity (Wildman–Crippen MR) is 76.4 cm³/mol. The molecule has 1 N–H and O–H groups in total. The van der Waals surface area contributed by atoms with Gasteiger partial charge in [-0.05, 0) is 32.8 Å². The molecule has 3 rings (SSSR count). The van der Waals surface area contributed by atoms with Crippen LogP contribution in [0.5, 0.6) is 0 Å². The molecule has 0 aliphatic carbocycles. The average molecular weight is 272 g/mol. The number of hydrogen-bond acceptors (Lipinski definition) is 5. The molecule has 0 saturated carbocycles. The Morgan fingerprint density at radius 3 is 2.70 bits per heavy atom. The highest BCUT2D eigenvalue weighted by Crippen LogP contribution is 2.15. The summed E-state index contributed by atoms with van der Waals surface area (Å²) in [5, 5.41) is 11.8. The Bertz CT molecular complexity index is 583. The zero-order chi connectivity index (χ0) is 13.9. The summed E-state index contributed by atoms with van der Waals surface area (Å²) in [6.45, 7) is 5.59. The van der Waals surface area contributed by atoms with Crippen LogP contribution >= 0.6 is 0 Å². The van der Waals surface area contributed by atoms with Gasteiger partial charge in [0.1, 0.15) is 5.82 Å². The van der Waals surface area contributed by atoms with Crippen LogP contribution in [0.3, 0.4) is 0 Å². The highest BCUT2D eigenvalue weighted by Gasteiger charge is 2.14. The number of nitrogens with zero attached hydrogens (tertiary/aromatic N) is 5. The molecule has 6 nitrogen and oxygen atoms in total. The summed E-state index contributed by atoms with van der Waals surface area (Å²) in [7, 11) is 0. The third-order valence-corrected chi connectivity index (χ3v) is 3.57. The van der Waals surface area contributed by atoms with Crippen molar-refractivity contribution in [2.45, 2.75) is 52.6 Å². The summed E-state index contributed by atoms with van der Waals surface area (Å²) in [6, 6.07) is 1.97. The second kappa shape index (κ2) is 5.56. The number of anilines is 1. The Morgan fingerprint density at radius 2 is 1.90 bits per heavy atom.